The Balaban J connectivity index is 1.73. The van der Waals surface area contributed by atoms with E-state index in [0.717, 1.165) is 25.3 Å². The number of rotatable bonds is 7. The number of nitrogens with one attached hydrogen (secondary N) is 1. The van der Waals surface area contributed by atoms with Gasteiger partial charge in [0.25, 0.3) is 11.8 Å². The first kappa shape index (κ1) is 25.3. The summed E-state index contributed by atoms with van der Waals surface area (Å²) in [7, 11) is 1.16. The summed E-state index contributed by atoms with van der Waals surface area (Å²) in [5, 5.41) is 2.41. The molecule has 0 saturated carbocycles. The summed E-state index contributed by atoms with van der Waals surface area (Å²) in [6, 6.07) is 6.63. The number of fused-ring (bicyclic) bond motifs is 1. The van der Waals surface area contributed by atoms with E-state index in [1.165, 1.54) is 24.4 Å². The van der Waals surface area contributed by atoms with Crippen LogP contribution in [-0.4, -0.2) is 43.5 Å². The highest BCUT2D eigenvalue weighted by Gasteiger charge is 2.32. The Labute approximate surface area is 205 Å². The number of carbonyl (C=O) groups is 2. The van der Waals surface area contributed by atoms with E-state index in [9.17, 15) is 22.8 Å². The number of anilines is 1. The number of alkyl halides is 3. The van der Waals surface area contributed by atoms with Crippen LogP contribution < -0.4 is 34.7 Å². The Hall–Kier alpha value is -4.75. The maximum absolute atomic E-state index is 15.5. The molecule has 37 heavy (non-hydrogen) atoms. The second kappa shape index (κ2) is 10.1. The van der Waals surface area contributed by atoms with Gasteiger partial charge in [-0.2, -0.15) is 0 Å². The van der Waals surface area contributed by atoms with E-state index in [0.29, 0.717) is 0 Å². The van der Waals surface area contributed by atoms with Crippen LogP contribution in [0.15, 0.2) is 42.6 Å². The van der Waals surface area contributed by atoms with E-state index in [1.807, 2.05) is 0 Å². The zero-order valence-electron chi connectivity index (χ0n) is 18.8. The molecule has 3 aromatic rings. The monoisotopic (exact) mass is 523 g/mol. The number of carbonyl (C=O) groups excluding carboxylic acids is 2. The first-order valence-corrected chi connectivity index (χ1v) is 10.4. The van der Waals surface area contributed by atoms with Crippen molar-refractivity contribution in [3.63, 3.8) is 0 Å². The van der Waals surface area contributed by atoms with Gasteiger partial charge >= 0.3 is 6.36 Å². The van der Waals surface area contributed by atoms with Crippen LogP contribution in [0.2, 0.25) is 0 Å². The fraction of sp³-hybridized carbons (Fsp3) is 0.174. The molecule has 14 heteroatoms. The van der Waals surface area contributed by atoms with Crippen molar-refractivity contribution in [3.8, 4) is 34.5 Å². The standard InChI is InChI=1S/C23H17F4N3O7/c1-33-15-9-12(37-23(25,26)27)2-3-14(15)36-16-10-17-20(35-7-6-34-17)19(24)18(16)22(32)30-11-4-5-29-13(8-11)21(28)31/h2-5,8-10H,6-7H2,1H3,(H2,28,31)(H,29,30,32). The van der Waals surface area contributed by atoms with Gasteiger partial charge in [0.05, 0.1) is 7.11 Å². The lowest BCUT2D eigenvalue weighted by Gasteiger charge is -2.22. The van der Waals surface area contributed by atoms with Crippen LogP contribution in [0.3, 0.4) is 0 Å². The van der Waals surface area contributed by atoms with Gasteiger partial charge in [-0.1, -0.05) is 0 Å². The Morgan fingerprint density at radius 2 is 1.81 bits per heavy atom. The fourth-order valence-electron chi connectivity index (χ4n) is 3.30. The largest absolute Gasteiger partial charge is 0.573 e. The zero-order valence-corrected chi connectivity index (χ0v) is 18.8. The van der Waals surface area contributed by atoms with Crippen molar-refractivity contribution >= 4 is 17.5 Å². The third kappa shape index (κ3) is 5.74. The van der Waals surface area contributed by atoms with Gasteiger partial charge in [-0.25, -0.2) is 4.39 Å². The van der Waals surface area contributed by atoms with Crippen LogP contribution in [0.4, 0.5) is 23.2 Å². The van der Waals surface area contributed by atoms with Gasteiger partial charge in [-0.05, 0) is 24.3 Å². The molecule has 1 aromatic heterocycles. The minimum absolute atomic E-state index is 0.0198. The first-order chi connectivity index (χ1) is 17.6. The number of pyridine rings is 1. The van der Waals surface area contributed by atoms with Crippen LogP contribution in [0.1, 0.15) is 20.8 Å². The first-order valence-electron chi connectivity index (χ1n) is 10.4. The van der Waals surface area contributed by atoms with E-state index in [1.54, 1.807) is 0 Å². The number of nitrogens with zero attached hydrogens (tertiary/aromatic N) is 1. The number of primary amides is 1. The molecule has 0 bridgehead atoms. The van der Waals surface area contributed by atoms with Crippen LogP contribution in [0, 0.1) is 5.82 Å². The van der Waals surface area contributed by atoms with Crippen LogP contribution in [0.25, 0.3) is 0 Å². The quantitative estimate of drug-likeness (QED) is 0.444. The number of ether oxygens (including phenoxy) is 5. The van der Waals surface area contributed by atoms with Crippen molar-refractivity contribution in [2.75, 3.05) is 25.6 Å². The number of benzene rings is 2. The molecule has 3 N–H and O–H groups in total. The molecule has 0 fully saturated rings. The Morgan fingerprint density at radius 1 is 1.05 bits per heavy atom. The maximum atomic E-state index is 15.5. The predicted molar refractivity (Wildman–Crippen MR) is 118 cm³/mol. The molecule has 1 aliphatic rings. The van der Waals surface area contributed by atoms with Crippen molar-refractivity contribution in [1.29, 1.82) is 0 Å². The molecule has 2 heterocycles. The number of nitrogens with two attached hydrogens (primary N) is 1. The van der Waals surface area contributed by atoms with Gasteiger partial charge in [0.1, 0.15) is 36.0 Å². The van der Waals surface area contributed by atoms with Crippen molar-refractivity contribution in [2.45, 2.75) is 6.36 Å². The normalized spacial score (nSPS) is 12.5. The minimum atomic E-state index is -4.95. The lowest BCUT2D eigenvalue weighted by molar-refractivity contribution is -0.274. The second-order valence-corrected chi connectivity index (χ2v) is 7.30. The summed E-state index contributed by atoms with van der Waals surface area (Å²) in [5.41, 5.74) is 4.49. The number of hydrogen-bond donors (Lipinski definition) is 2. The van der Waals surface area contributed by atoms with Gasteiger partial charge in [0, 0.05) is 24.0 Å². The molecule has 0 unspecified atom stereocenters. The average molecular weight is 523 g/mol. The van der Waals surface area contributed by atoms with Crippen molar-refractivity contribution < 1.29 is 50.8 Å². The van der Waals surface area contributed by atoms with Gasteiger partial charge in [-0.15, -0.1) is 13.2 Å². The smallest absolute Gasteiger partial charge is 0.493 e. The Kier molecular flexibility index (Phi) is 6.91. The number of hydrogen-bond acceptors (Lipinski definition) is 8. The highest BCUT2D eigenvalue weighted by atomic mass is 19.4. The third-order valence-corrected chi connectivity index (χ3v) is 4.82. The zero-order chi connectivity index (χ0) is 26.7. The molecular weight excluding hydrogens is 506 g/mol. The molecule has 10 nitrogen and oxygen atoms in total. The van der Waals surface area contributed by atoms with E-state index >= 15 is 4.39 Å². The lowest BCUT2D eigenvalue weighted by Crippen LogP contribution is -2.21. The molecule has 0 aliphatic carbocycles. The number of amides is 2. The molecule has 1 aliphatic heterocycles. The highest BCUT2D eigenvalue weighted by molar-refractivity contribution is 6.07. The van der Waals surface area contributed by atoms with Crippen molar-refractivity contribution in [2.24, 2.45) is 5.73 Å². The van der Waals surface area contributed by atoms with Crippen LogP contribution in [0.5, 0.6) is 34.5 Å². The SMILES string of the molecule is COc1cc(OC(F)(F)F)ccc1Oc1cc2c(c(F)c1C(=O)Nc1ccnc(C(N)=O)c1)OCCO2. The number of methoxy groups -OCH3 is 1. The summed E-state index contributed by atoms with van der Waals surface area (Å²) in [6.45, 7) is 0.114. The molecule has 0 radical (unpaired) electrons. The van der Waals surface area contributed by atoms with E-state index in [2.05, 4.69) is 15.0 Å². The lowest BCUT2D eigenvalue weighted by atomic mass is 10.1. The molecule has 4 rings (SSSR count). The Bertz CT molecular complexity index is 1360. The number of halogens is 4. The fourth-order valence-corrected chi connectivity index (χ4v) is 3.30. The van der Waals surface area contributed by atoms with Gasteiger partial charge in [0.2, 0.25) is 0 Å². The van der Waals surface area contributed by atoms with E-state index in [-0.39, 0.29) is 53.3 Å². The molecular formula is C23H17F4N3O7. The molecule has 2 aromatic carbocycles. The summed E-state index contributed by atoms with van der Waals surface area (Å²) in [6.07, 6.45) is -3.73. The van der Waals surface area contributed by atoms with Crippen LogP contribution in [-0.2, 0) is 0 Å². The van der Waals surface area contributed by atoms with Gasteiger partial charge in [0.15, 0.2) is 28.8 Å². The summed E-state index contributed by atoms with van der Waals surface area (Å²) in [4.78, 5) is 28.3. The summed E-state index contributed by atoms with van der Waals surface area (Å²) < 4.78 is 78.6. The molecule has 2 amide bonds. The van der Waals surface area contributed by atoms with Gasteiger partial charge in [-0.3, -0.25) is 14.6 Å². The molecule has 0 atom stereocenters. The summed E-state index contributed by atoms with van der Waals surface area (Å²) >= 11 is 0. The molecule has 0 saturated heterocycles. The third-order valence-electron chi connectivity index (χ3n) is 4.82. The number of aromatic nitrogens is 1. The van der Waals surface area contributed by atoms with Crippen LogP contribution >= 0.6 is 0 Å². The predicted octanol–water partition coefficient (Wildman–Crippen LogP) is 4.04. The average Bonchev–Trinajstić information content (AvgIpc) is 2.84. The second-order valence-electron chi connectivity index (χ2n) is 7.30. The minimum Gasteiger partial charge on any atom is -0.493 e. The summed E-state index contributed by atoms with van der Waals surface area (Å²) in [5.74, 6) is -4.71. The van der Waals surface area contributed by atoms with Crippen molar-refractivity contribution in [3.05, 3.63) is 59.7 Å². The highest BCUT2D eigenvalue weighted by Crippen LogP contribution is 2.44. The van der Waals surface area contributed by atoms with E-state index < -0.39 is 35.3 Å². The van der Waals surface area contributed by atoms with Gasteiger partial charge < -0.3 is 34.7 Å². The van der Waals surface area contributed by atoms with E-state index in [4.69, 9.17) is 24.7 Å². The molecule has 194 valence electrons. The molecule has 0 spiro atoms. The topological polar surface area (TPSA) is 131 Å². The maximum Gasteiger partial charge on any atom is 0.573 e. The Morgan fingerprint density at radius 3 is 2.51 bits per heavy atom. The van der Waals surface area contributed by atoms with Crippen molar-refractivity contribution in [1.82, 2.24) is 4.98 Å².